The van der Waals surface area contributed by atoms with Crippen molar-refractivity contribution in [2.75, 3.05) is 25.5 Å². The van der Waals surface area contributed by atoms with Gasteiger partial charge in [0.05, 0.1) is 17.0 Å². The molecule has 10 heteroatoms. The van der Waals surface area contributed by atoms with E-state index >= 15 is 0 Å². The number of nitrogens with zero attached hydrogens (tertiary/aromatic N) is 1. The highest BCUT2D eigenvalue weighted by Gasteiger charge is 2.26. The van der Waals surface area contributed by atoms with Crippen LogP contribution < -0.4 is 15.4 Å². The second-order valence-electron chi connectivity index (χ2n) is 6.74. The molecule has 0 atom stereocenters. The standard InChI is InChI=1S/C20H22ClN3O5S/c1-29-18-9-6-15(12-17(18)21)23-20(26)19(25)22-13-14-4-7-16(8-5-14)30(27,28)24-10-2-3-11-24/h4-9,12H,2-3,10-11,13H2,1H3,(H,22,25)(H,23,26). The Hall–Kier alpha value is -2.62. The van der Waals surface area contributed by atoms with Gasteiger partial charge in [-0.15, -0.1) is 0 Å². The zero-order valence-corrected chi connectivity index (χ0v) is 17.9. The Morgan fingerprint density at radius 2 is 1.73 bits per heavy atom. The van der Waals surface area contributed by atoms with Crippen molar-refractivity contribution in [1.82, 2.24) is 9.62 Å². The van der Waals surface area contributed by atoms with Gasteiger partial charge in [-0.3, -0.25) is 9.59 Å². The average Bonchev–Trinajstić information content (AvgIpc) is 3.28. The van der Waals surface area contributed by atoms with Gasteiger partial charge >= 0.3 is 11.8 Å². The van der Waals surface area contributed by atoms with E-state index in [1.165, 1.54) is 29.6 Å². The molecule has 0 radical (unpaired) electrons. The van der Waals surface area contributed by atoms with Gasteiger partial charge in [-0.25, -0.2) is 8.42 Å². The number of hydrogen-bond acceptors (Lipinski definition) is 5. The van der Waals surface area contributed by atoms with Gasteiger partial charge < -0.3 is 15.4 Å². The number of nitrogens with one attached hydrogen (secondary N) is 2. The summed E-state index contributed by atoms with van der Waals surface area (Å²) in [6.07, 6.45) is 1.74. The summed E-state index contributed by atoms with van der Waals surface area (Å²) in [7, 11) is -2.01. The smallest absolute Gasteiger partial charge is 0.313 e. The number of carbonyl (C=O) groups excluding carboxylic acids is 2. The zero-order chi connectivity index (χ0) is 21.7. The number of sulfonamides is 1. The first kappa shape index (κ1) is 22.1. The van der Waals surface area contributed by atoms with Crippen LogP contribution in [0, 0.1) is 0 Å². The first-order valence-electron chi connectivity index (χ1n) is 9.33. The monoisotopic (exact) mass is 451 g/mol. The van der Waals surface area contributed by atoms with Crippen LogP contribution in [-0.2, 0) is 26.2 Å². The summed E-state index contributed by atoms with van der Waals surface area (Å²) in [5.74, 6) is -1.21. The van der Waals surface area contributed by atoms with Crippen LogP contribution in [0.3, 0.4) is 0 Å². The Morgan fingerprint density at radius 1 is 1.07 bits per heavy atom. The summed E-state index contributed by atoms with van der Waals surface area (Å²) >= 11 is 6.00. The molecule has 1 heterocycles. The highest BCUT2D eigenvalue weighted by molar-refractivity contribution is 7.89. The molecule has 0 bridgehead atoms. The molecule has 0 aliphatic carbocycles. The molecule has 1 aliphatic rings. The van der Waals surface area contributed by atoms with Crippen LogP contribution in [0.25, 0.3) is 0 Å². The van der Waals surface area contributed by atoms with Gasteiger partial charge in [0, 0.05) is 25.3 Å². The summed E-state index contributed by atoms with van der Waals surface area (Å²) in [6, 6.07) is 10.9. The summed E-state index contributed by atoms with van der Waals surface area (Å²) in [5, 5.41) is 5.26. The van der Waals surface area contributed by atoms with E-state index in [9.17, 15) is 18.0 Å². The average molecular weight is 452 g/mol. The molecule has 160 valence electrons. The van der Waals surface area contributed by atoms with Crippen LogP contribution in [-0.4, -0.2) is 44.7 Å². The van der Waals surface area contributed by atoms with Crippen molar-refractivity contribution < 1.29 is 22.7 Å². The van der Waals surface area contributed by atoms with Gasteiger partial charge in [0.25, 0.3) is 0 Å². The van der Waals surface area contributed by atoms with Crippen molar-refractivity contribution in [3.63, 3.8) is 0 Å². The predicted octanol–water partition coefficient (Wildman–Crippen LogP) is 2.39. The molecule has 0 spiro atoms. The lowest BCUT2D eigenvalue weighted by atomic mass is 10.2. The number of amides is 2. The molecule has 3 rings (SSSR count). The van der Waals surface area contributed by atoms with Crippen molar-refractivity contribution >= 4 is 39.1 Å². The van der Waals surface area contributed by atoms with Crippen molar-refractivity contribution in [3.8, 4) is 5.75 Å². The summed E-state index contributed by atoms with van der Waals surface area (Å²) in [5.41, 5.74) is 1.03. The minimum atomic E-state index is -3.48. The topological polar surface area (TPSA) is 105 Å². The maximum Gasteiger partial charge on any atom is 0.313 e. The fourth-order valence-corrected chi connectivity index (χ4v) is 4.83. The second-order valence-corrected chi connectivity index (χ2v) is 9.09. The van der Waals surface area contributed by atoms with E-state index in [1.54, 1.807) is 24.3 Å². The van der Waals surface area contributed by atoms with Gasteiger partial charge in [-0.05, 0) is 48.7 Å². The molecular weight excluding hydrogens is 430 g/mol. The number of ether oxygens (including phenoxy) is 1. The van der Waals surface area contributed by atoms with Crippen molar-refractivity contribution in [3.05, 3.63) is 53.1 Å². The number of methoxy groups -OCH3 is 1. The largest absolute Gasteiger partial charge is 0.495 e. The number of hydrogen-bond donors (Lipinski definition) is 2. The molecule has 2 aromatic rings. The first-order chi connectivity index (χ1) is 14.3. The maximum atomic E-state index is 12.5. The lowest BCUT2D eigenvalue weighted by Crippen LogP contribution is -2.35. The van der Waals surface area contributed by atoms with E-state index in [0.717, 1.165) is 12.8 Å². The molecule has 30 heavy (non-hydrogen) atoms. The third-order valence-electron chi connectivity index (χ3n) is 4.70. The van der Waals surface area contributed by atoms with Gasteiger partial charge in [0.2, 0.25) is 10.0 Å². The van der Waals surface area contributed by atoms with Crippen LogP contribution in [0.15, 0.2) is 47.4 Å². The molecule has 1 saturated heterocycles. The molecule has 2 amide bonds. The zero-order valence-electron chi connectivity index (χ0n) is 16.4. The summed E-state index contributed by atoms with van der Waals surface area (Å²) in [4.78, 5) is 24.3. The van der Waals surface area contributed by atoms with Gasteiger partial charge in [0.1, 0.15) is 5.75 Å². The number of rotatable bonds is 6. The first-order valence-corrected chi connectivity index (χ1v) is 11.1. The van der Waals surface area contributed by atoms with Gasteiger partial charge in [-0.1, -0.05) is 23.7 Å². The Labute approximate surface area is 180 Å². The number of carbonyl (C=O) groups is 2. The van der Waals surface area contributed by atoms with Crippen LogP contribution in [0.4, 0.5) is 5.69 Å². The summed E-state index contributed by atoms with van der Waals surface area (Å²) < 4.78 is 31.6. The van der Waals surface area contributed by atoms with E-state index < -0.39 is 21.8 Å². The minimum Gasteiger partial charge on any atom is -0.495 e. The van der Waals surface area contributed by atoms with E-state index in [1.807, 2.05) is 0 Å². The van der Waals surface area contributed by atoms with Crippen LogP contribution in [0.5, 0.6) is 5.75 Å². The Bertz CT molecular complexity index is 1030. The van der Waals surface area contributed by atoms with E-state index in [-0.39, 0.29) is 11.4 Å². The number of benzene rings is 2. The molecule has 1 aliphatic heterocycles. The Morgan fingerprint density at radius 3 is 2.33 bits per heavy atom. The molecule has 0 aromatic heterocycles. The quantitative estimate of drug-likeness (QED) is 0.656. The summed E-state index contributed by atoms with van der Waals surface area (Å²) in [6.45, 7) is 1.16. The molecule has 2 aromatic carbocycles. The van der Waals surface area contributed by atoms with E-state index in [4.69, 9.17) is 16.3 Å². The fraction of sp³-hybridized carbons (Fsp3) is 0.300. The van der Waals surface area contributed by atoms with Crippen molar-refractivity contribution in [1.29, 1.82) is 0 Å². The van der Waals surface area contributed by atoms with Gasteiger partial charge in [-0.2, -0.15) is 4.31 Å². The van der Waals surface area contributed by atoms with E-state index in [0.29, 0.717) is 35.1 Å². The Balaban J connectivity index is 1.55. The van der Waals surface area contributed by atoms with Crippen molar-refractivity contribution in [2.45, 2.75) is 24.3 Å². The van der Waals surface area contributed by atoms with Gasteiger partial charge in [0.15, 0.2) is 0 Å². The second kappa shape index (κ2) is 9.46. The number of halogens is 1. The third kappa shape index (κ3) is 5.10. The fourth-order valence-electron chi connectivity index (χ4n) is 3.05. The predicted molar refractivity (Wildman–Crippen MR) is 113 cm³/mol. The lowest BCUT2D eigenvalue weighted by Gasteiger charge is -2.15. The molecule has 0 saturated carbocycles. The molecular formula is C20H22ClN3O5S. The normalized spacial score (nSPS) is 14.3. The van der Waals surface area contributed by atoms with Crippen LogP contribution in [0.2, 0.25) is 5.02 Å². The SMILES string of the molecule is COc1ccc(NC(=O)C(=O)NCc2ccc(S(=O)(=O)N3CCCC3)cc2)cc1Cl. The molecule has 2 N–H and O–H groups in total. The minimum absolute atomic E-state index is 0.0830. The maximum absolute atomic E-state index is 12.5. The van der Waals surface area contributed by atoms with E-state index in [2.05, 4.69) is 10.6 Å². The molecule has 0 unspecified atom stereocenters. The van der Waals surface area contributed by atoms with Crippen LogP contribution in [0.1, 0.15) is 18.4 Å². The number of anilines is 1. The van der Waals surface area contributed by atoms with Crippen molar-refractivity contribution in [2.24, 2.45) is 0 Å². The Kier molecular flexibility index (Phi) is 6.96. The third-order valence-corrected chi connectivity index (χ3v) is 6.90. The lowest BCUT2D eigenvalue weighted by molar-refractivity contribution is -0.136. The highest BCUT2D eigenvalue weighted by Crippen LogP contribution is 2.27. The van der Waals surface area contributed by atoms with Crippen LogP contribution >= 0.6 is 11.6 Å². The highest BCUT2D eigenvalue weighted by atomic mass is 35.5. The molecule has 8 nitrogen and oxygen atoms in total. The molecule has 1 fully saturated rings.